The standard InChI is InChI=1S/2C32H48NO4P.2Na.7H2O/c2*1-32(2,3)17-7-9-26-13-14-28(36-4)21-31(26)33-18-15-24(16-19-33)22-37-29-10-6-8-27(20-29)30(25-11-12-25)23-38(5,34)35;;;;;;;;;/h2*6,8,10,13-14,20-21,24-25,30H,7,9,11-12,15-19,22-23H2,1-5H3,(H,34,35);;;7*1H2/q;;2*+1;;;;;;;/p-2/t2*30-;;;;;;;;;/m00........./s1. The van der Waals surface area contributed by atoms with Gasteiger partial charge >= 0.3 is 59.1 Å². The summed E-state index contributed by atoms with van der Waals surface area (Å²) in [6.07, 6.45) is 16.4. The molecular weight excluding hydrogens is 1140 g/mol. The van der Waals surface area contributed by atoms with Gasteiger partial charge in [0.15, 0.2) is 0 Å². The van der Waals surface area contributed by atoms with Crippen LogP contribution in [0.3, 0.4) is 0 Å². The van der Waals surface area contributed by atoms with Gasteiger partial charge in [0.1, 0.15) is 23.0 Å². The van der Waals surface area contributed by atoms with Crippen LogP contribution in [0, 0.1) is 34.5 Å². The first-order valence-electron chi connectivity index (χ1n) is 28.9. The molecule has 85 heavy (non-hydrogen) atoms. The zero-order valence-corrected chi connectivity index (χ0v) is 59.4. The van der Waals surface area contributed by atoms with Gasteiger partial charge in [0.25, 0.3) is 0 Å². The summed E-state index contributed by atoms with van der Waals surface area (Å²) in [5.74, 6) is 5.77. The van der Waals surface area contributed by atoms with Crippen LogP contribution in [0.25, 0.3) is 0 Å². The number of aryl methyl sites for hydroxylation is 2. The van der Waals surface area contributed by atoms with Crippen LogP contribution < -0.4 is 97.6 Å². The largest absolute Gasteiger partial charge is 1.00 e. The van der Waals surface area contributed by atoms with Gasteiger partial charge in [-0.2, -0.15) is 0 Å². The van der Waals surface area contributed by atoms with Crippen molar-refractivity contribution in [2.45, 2.75) is 143 Å². The Bertz CT molecular complexity index is 2390. The summed E-state index contributed by atoms with van der Waals surface area (Å²) >= 11 is 0. The summed E-state index contributed by atoms with van der Waals surface area (Å²) in [5.41, 5.74) is 8.41. The van der Waals surface area contributed by atoms with Gasteiger partial charge < -0.3 is 86.0 Å². The van der Waals surface area contributed by atoms with Crippen molar-refractivity contribution in [2.24, 2.45) is 34.5 Å². The number of benzene rings is 4. The molecule has 4 aliphatic rings. The molecule has 2 unspecified atom stereocenters. The molecule has 2 saturated carbocycles. The molecule has 2 saturated heterocycles. The van der Waals surface area contributed by atoms with Crippen molar-refractivity contribution < 1.29 is 135 Å². The van der Waals surface area contributed by atoms with E-state index in [1.807, 2.05) is 24.3 Å². The average molecular weight is 1250 g/mol. The summed E-state index contributed by atoms with van der Waals surface area (Å²) < 4.78 is 47.7. The molecule has 2 aliphatic heterocycles. The molecule has 4 atom stereocenters. The molecule has 4 fully saturated rings. The van der Waals surface area contributed by atoms with E-state index in [2.05, 4.69) is 112 Å². The van der Waals surface area contributed by atoms with E-state index in [1.165, 1.54) is 61.5 Å². The Kier molecular flexibility index (Phi) is 40.7. The topological polar surface area (TPSA) is 344 Å². The van der Waals surface area contributed by atoms with Crippen LogP contribution in [0.5, 0.6) is 23.0 Å². The van der Waals surface area contributed by atoms with Gasteiger partial charge in [-0.25, -0.2) is 0 Å². The number of methoxy groups -OCH3 is 2. The summed E-state index contributed by atoms with van der Waals surface area (Å²) in [4.78, 5) is 29.1. The second-order valence-corrected chi connectivity index (χ2v) is 30.5. The van der Waals surface area contributed by atoms with Gasteiger partial charge in [-0.05, 0) is 221 Å². The van der Waals surface area contributed by atoms with E-state index in [4.69, 9.17) is 18.9 Å². The number of piperidine rings is 2. The molecule has 14 N–H and O–H groups in total. The number of rotatable bonds is 24. The van der Waals surface area contributed by atoms with Gasteiger partial charge in [-0.15, -0.1) is 0 Å². The van der Waals surface area contributed by atoms with E-state index in [0.29, 0.717) is 47.7 Å². The Morgan fingerprint density at radius 2 is 0.824 bits per heavy atom. The molecule has 0 amide bonds. The summed E-state index contributed by atoms with van der Waals surface area (Å²) in [6.45, 7) is 22.1. The maximum atomic E-state index is 12.0. The van der Waals surface area contributed by atoms with Crippen LogP contribution in [0.4, 0.5) is 11.4 Å². The Hall–Kier alpha value is -2.22. The van der Waals surface area contributed by atoms with Crippen LogP contribution in [-0.4, -0.2) is 118 Å². The molecule has 4 aromatic rings. The number of ether oxygens (including phenoxy) is 4. The maximum absolute atomic E-state index is 12.0. The Labute approximate surface area is 554 Å². The van der Waals surface area contributed by atoms with Crippen LogP contribution in [0.15, 0.2) is 84.9 Å². The van der Waals surface area contributed by atoms with E-state index >= 15 is 0 Å². The third-order valence-electron chi connectivity index (χ3n) is 16.2. The van der Waals surface area contributed by atoms with E-state index in [9.17, 15) is 18.9 Å². The van der Waals surface area contributed by atoms with Crippen molar-refractivity contribution >= 4 is 26.1 Å². The first-order chi connectivity index (χ1) is 36.0. The smallest absolute Gasteiger partial charge is 0.799 e. The van der Waals surface area contributed by atoms with Crippen molar-refractivity contribution in [1.29, 1.82) is 0 Å². The number of hydrogen-bond acceptors (Lipinski definition) is 10. The van der Waals surface area contributed by atoms with Crippen molar-refractivity contribution in [1.82, 2.24) is 0 Å². The Balaban J connectivity index is -0.00000143. The number of anilines is 2. The fraction of sp³-hybridized carbons (Fsp3) is 0.625. The van der Waals surface area contributed by atoms with Gasteiger partial charge in [-0.3, -0.25) is 0 Å². The molecule has 8 rings (SSSR count). The first kappa shape index (κ1) is 87.0. The van der Waals surface area contributed by atoms with E-state index in [-0.39, 0.29) is 122 Å². The normalized spacial score (nSPS) is 17.1. The Morgan fingerprint density at radius 1 is 0.494 bits per heavy atom. The second-order valence-electron chi connectivity index (χ2n) is 25.7. The van der Waals surface area contributed by atoms with Gasteiger partial charge in [0, 0.05) is 64.4 Å². The quantitative estimate of drug-likeness (QED) is 0.0729. The molecule has 0 spiro atoms. The van der Waals surface area contributed by atoms with Crippen molar-refractivity contribution in [3.8, 4) is 23.0 Å². The minimum Gasteiger partial charge on any atom is -0.799 e. The minimum absolute atomic E-state index is 0. The molecular formula is C64H108N2Na2O15P2. The van der Waals surface area contributed by atoms with Crippen LogP contribution >= 0.6 is 14.7 Å². The number of nitrogens with zero attached hydrogens (tertiary/aromatic N) is 2. The molecule has 0 radical (unpaired) electrons. The predicted molar refractivity (Wildman–Crippen MR) is 338 cm³/mol. The minimum atomic E-state index is -3.31. The molecule has 0 bridgehead atoms. The SMILES string of the molecule is COc1ccc(CCCC(C)(C)C)c(N2CCC(COc3cccc([C@@H](CP(C)(=O)[O-])C4CC4)c3)CC2)c1.COc1ccc(CCCC(C)(C)C)c(N2CCC(COc3cccc([C@@H](CP(C)(=O)[O-])C4CC4)c3)CC2)c1.O.O.O.O.O.O.O.[Na+].[Na+]. The van der Waals surface area contributed by atoms with Crippen LogP contribution in [0.2, 0.25) is 0 Å². The van der Waals surface area contributed by atoms with E-state index in [1.54, 1.807) is 14.2 Å². The second kappa shape index (κ2) is 39.8. The molecule has 0 aromatic heterocycles. The number of hydrogen-bond donors (Lipinski definition) is 0. The van der Waals surface area contributed by atoms with E-state index < -0.39 is 14.7 Å². The van der Waals surface area contributed by atoms with E-state index in [0.717, 1.165) is 125 Å². The molecule has 17 nitrogen and oxygen atoms in total. The summed E-state index contributed by atoms with van der Waals surface area (Å²) in [7, 11) is -3.14. The fourth-order valence-corrected chi connectivity index (χ4v) is 14.0. The first-order valence-corrected chi connectivity index (χ1v) is 33.4. The van der Waals surface area contributed by atoms with Gasteiger partial charge in [0.05, 0.1) is 27.4 Å². The Morgan fingerprint density at radius 3 is 1.11 bits per heavy atom. The molecule has 21 heteroatoms. The third kappa shape index (κ3) is 30.0. The third-order valence-corrected chi connectivity index (χ3v) is 18.3. The van der Waals surface area contributed by atoms with Crippen molar-refractivity contribution in [3.05, 3.63) is 107 Å². The fourth-order valence-electron chi connectivity index (χ4n) is 11.5. The zero-order chi connectivity index (χ0) is 54.7. The summed E-state index contributed by atoms with van der Waals surface area (Å²) in [5, 5.41) is 0. The summed E-state index contributed by atoms with van der Waals surface area (Å²) in [6, 6.07) is 29.4. The molecule has 2 heterocycles. The average Bonchev–Trinajstić information content (AvgIpc) is 4.32. The monoisotopic (exact) mass is 1250 g/mol. The van der Waals surface area contributed by atoms with Crippen LogP contribution in [0.1, 0.15) is 153 Å². The van der Waals surface area contributed by atoms with Crippen molar-refractivity contribution in [3.63, 3.8) is 0 Å². The zero-order valence-electron chi connectivity index (χ0n) is 53.7. The van der Waals surface area contributed by atoms with Gasteiger partial charge in [0.2, 0.25) is 0 Å². The molecule has 476 valence electrons. The molecule has 4 aromatic carbocycles. The maximum Gasteiger partial charge on any atom is 1.00 e. The molecule has 2 aliphatic carbocycles. The predicted octanol–water partition coefficient (Wildman–Crippen LogP) is 2.48. The van der Waals surface area contributed by atoms with Gasteiger partial charge in [-0.1, -0.05) is 77.9 Å². The van der Waals surface area contributed by atoms with Crippen LogP contribution in [-0.2, 0) is 22.0 Å². The van der Waals surface area contributed by atoms with Crippen molar-refractivity contribution in [2.75, 3.05) is 89.1 Å².